The van der Waals surface area contributed by atoms with Crippen LogP contribution in [0.15, 0.2) is 24.3 Å². The highest BCUT2D eigenvalue weighted by atomic mass is 16.2. The number of carbonyl (C=O) groups excluding carboxylic acids is 1. The van der Waals surface area contributed by atoms with Gasteiger partial charge in [-0.3, -0.25) is 9.89 Å². The summed E-state index contributed by atoms with van der Waals surface area (Å²) in [5.41, 5.74) is 1.90. The largest absolute Gasteiger partial charge is 0.339 e. The van der Waals surface area contributed by atoms with E-state index in [1.54, 1.807) is 0 Å². The molecule has 2 aromatic rings. The number of hydrogen-bond donors (Lipinski definition) is 1. The molecule has 0 aliphatic carbocycles. The van der Waals surface area contributed by atoms with Gasteiger partial charge in [-0.2, -0.15) is 5.10 Å². The van der Waals surface area contributed by atoms with Gasteiger partial charge in [0.05, 0.1) is 0 Å². The van der Waals surface area contributed by atoms with Crippen LogP contribution in [0.2, 0.25) is 0 Å². The normalized spacial score (nSPS) is 15.8. The van der Waals surface area contributed by atoms with E-state index in [1.807, 2.05) is 43.3 Å². The van der Waals surface area contributed by atoms with E-state index in [9.17, 15) is 4.79 Å². The van der Waals surface area contributed by atoms with Gasteiger partial charge in [-0.1, -0.05) is 25.1 Å². The van der Waals surface area contributed by atoms with E-state index in [4.69, 9.17) is 0 Å². The number of benzene rings is 1. The summed E-state index contributed by atoms with van der Waals surface area (Å²) >= 11 is 0. The maximum atomic E-state index is 13.0. The van der Waals surface area contributed by atoms with Gasteiger partial charge in [-0.15, -0.1) is 0 Å². The van der Waals surface area contributed by atoms with E-state index in [-0.39, 0.29) is 5.91 Å². The number of aromatic nitrogens is 3. The predicted octanol–water partition coefficient (Wildman–Crippen LogP) is 2.45. The van der Waals surface area contributed by atoms with Crippen molar-refractivity contribution in [2.24, 2.45) is 0 Å². The molecule has 1 aliphatic rings. The van der Waals surface area contributed by atoms with Crippen LogP contribution >= 0.6 is 0 Å². The zero-order chi connectivity index (χ0) is 17.8. The molecule has 0 unspecified atom stereocenters. The van der Waals surface area contributed by atoms with Crippen molar-refractivity contribution in [1.82, 2.24) is 25.0 Å². The minimum Gasteiger partial charge on any atom is -0.339 e. The van der Waals surface area contributed by atoms with Crippen molar-refractivity contribution in [3.05, 3.63) is 47.0 Å². The molecule has 1 amide bonds. The van der Waals surface area contributed by atoms with Gasteiger partial charge in [0.1, 0.15) is 5.82 Å². The standard InChI is InChI=1S/C19H27N5O/c1-4-17-20-18(22-21-17)14-9-11-24(12-10-14)19(25)16-8-6-5-7-15(16)13-23(2)3/h5-8,14H,4,9-13H2,1-3H3,(H,20,21,22). The molecule has 2 heterocycles. The SMILES string of the molecule is CCc1nc(C2CCN(C(=O)c3ccccc3CN(C)C)CC2)n[nH]1. The number of aryl methyl sites for hydroxylation is 1. The fourth-order valence-electron chi connectivity index (χ4n) is 3.37. The van der Waals surface area contributed by atoms with Gasteiger partial charge in [-0.25, -0.2) is 4.98 Å². The summed E-state index contributed by atoms with van der Waals surface area (Å²) in [7, 11) is 4.04. The van der Waals surface area contributed by atoms with Crippen LogP contribution in [-0.4, -0.2) is 58.1 Å². The van der Waals surface area contributed by atoms with Crippen molar-refractivity contribution < 1.29 is 4.79 Å². The lowest BCUT2D eigenvalue weighted by molar-refractivity contribution is 0.0709. The molecule has 0 radical (unpaired) electrons. The zero-order valence-corrected chi connectivity index (χ0v) is 15.3. The molecule has 1 aromatic heterocycles. The molecule has 25 heavy (non-hydrogen) atoms. The number of likely N-dealkylation sites (tertiary alicyclic amines) is 1. The van der Waals surface area contributed by atoms with Crippen molar-refractivity contribution in [3.63, 3.8) is 0 Å². The van der Waals surface area contributed by atoms with Gasteiger partial charge in [0.15, 0.2) is 5.82 Å². The summed E-state index contributed by atoms with van der Waals surface area (Å²) in [5.74, 6) is 2.32. The van der Waals surface area contributed by atoms with Crippen molar-refractivity contribution in [2.45, 2.75) is 38.6 Å². The predicted molar refractivity (Wildman–Crippen MR) is 97.5 cm³/mol. The van der Waals surface area contributed by atoms with E-state index in [1.165, 1.54) is 0 Å². The van der Waals surface area contributed by atoms with Crippen LogP contribution in [0.5, 0.6) is 0 Å². The number of amides is 1. The van der Waals surface area contributed by atoms with Crippen molar-refractivity contribution >= 4 is 5.91 Å². The number of carbonyl (C=O) groups is 1. The highest BCUT2D eigenvalue weighted by Gasteiger charge is 2.27. The molecule has 6 heteroatoms. The van der Waals surface area contributed by atoms with E-state index in [2.05, 4.69) is 27.0 Å². The number of rotatable bonds is 5. The number of piperidine rings is 1. The van der Waals surface area contributed by atoms with Gasteiger partial charge >= 0.3 is 0 Å². The van der Waals surface area contributed by atoms with Crippen molar-refractivity contribution in [1.29, 1.82) is 0 Å². The van der Waals surface area contributed by atoms with Crippen LogP contribution in [0, 0.1) is 0 Å². The lowest BCUT2D eigenvalue weighted by Gasteiger charge is -2.31. The van der Waals surface area contributed by atoms with Gasteiger partial charge in [0.2, 0.25) is 0 Å². The summed E-state index contributed by atoms with van der Waals surface area (Å²) in [5, 5.41) is 7.33. The molecule has 0 bridgehead atoms. The maximum absolute atomic E-state index is 13.0. The molecule has 1 fully saturated rings. The third kappa shape index (κ3) is 4.07. The lowest BCUT2D eigenvalue weighted by atomic mass is 9.95. The molecule has 0 atom stereocenters. The molecule has 0 saturated carbocycles. The average Bonchev–Trinajstić information content (AvgIpc) is 3.10. The molecule has 134 valence electrons. The van der Waals surface area contributed by atoms with E-state index >= 15 is 0 Å². The average molecular weight is 341 g/mol. The van der Waals surface area contributed by atoms with Gasteiger partial charge < -0.3 is 9.80 Å². The first kappa shape index (κ1) is 17.6. The van der Waals surface area contributed by atoms with Crippen LogP contribution in [0.1, 0.15) is 53.3 Å². The summed E-state index contributed by atoms with van der Waals surface area (Å²) in [6.45, 7) is 4.36. The van der Waals surface area contributed by atoms with Crippen LogP contribution in [0.3, 0.4) is 0 Å². The second-order valence-electron chi connectivity index (χ2n) is 6.96. The smallest absolute Gasteiger partial charge is 0.254 e. The third-order valence-electron chi connectivity index (χ3n) is 4.77. The molecular weight excluding hydrogens is 314 g/mol. The van der Waals surface area contributed by atoms with E-state index < -0.39 is 0 Å². The molecule has 1 aromatic carbocycles. The second kappa shape index (κ2) is 7.78. The first-order chi connectivity index (χ1) is 12.1. The number of nitrogens with zero attached hydrogens (tertiary/aromatic N) is 4. The number of hydrogen-bond acceptors (Lipinski definition) is 4. The Labute approximate surface area is 149 Å². The Morgan fingerprint density at radius 1 is 1.28 bits per heavy atom. The number of aromatic amines is 1. The Kier molecular flexibility index (Phi) is 5.48. The molecule has 1 aliphatic heterocycles. The number of H-pyrrole nitrogens is 1. The Morgan fingerprint density at radius 2 is 2.00 bits per heavy atom. The molecular formula is C19H27N5O. The summed E-state index contributed by atoms with van der Waals surface area (Å²) in [4.78, 5) is 21.6. The summed E-state index contributed by atoms with van der Waals surface area (Å²) in [6, 6.07) is 7.92. The fourth-order valence-corrected chi connectivity index (χ4v) is 3.37. The van der Waals surface area contributed by atoms with Crippen LogP contribution in [0.25, 0.3) is 0 Å². The topological polar surface area (TPSA) is 65.1 Å². The van der Waals surface area contributed by atoms with E-state index in [0.29, 0.717) is 5.92 Å². The maximum Gasteiger partial charge on any atom is 0.254 e. The van der Waals surface area contributed by atoms with Gasteiger partial charge in [0.25, 0.3) is 5.91 Å². The van der Waals surface area contributed by atoms with Gasteiger partial charge in [0, 0.05) is 37.5 Å². The quantitative estimate of drug-likeness (QED) is 0.907. The molecule has 1 N–H and O–H groups in total. The molecule has 3 rings (SSSR count). The molecule has 6 nitrogen and oxygen atoms in total. The Balaban J connectivity index is 1.66. The molecule has 1 saturated heterocycles. The first-order valence-corrected chi connectivity index (χ1v) is 9.01. The van der Waals surface area contributed by atoms with Crippen molar-refractivity contribution in [2.75, 3.05) is 27.2 Å². The Bertz CT molecular complexity index is 716. The minimum atomic E-state index is 0.139. The highest BCUT2D eigenvalue weighted by Crippen LogP contribution is 2.27. The highest BCUT2D eigenvalue weighted by molar-refractivity contribution is 5.95. The van der Waals surface area contributed by atoms with Gasteiger partial charge in [-0.05, 0) is 38.6 Å². The Hall–Kier alpha value is -2.21. The minimum absolute atomic E-state index is 0.139. The summed E-state index contributed by atoms with van der Waals surface area (Å²) in [6.07, 6.45) is 2.71. The van der Waals surface area contributed by atoms with Crippen molar-refractivity contribution in [3.8, 4) is 0 Å². The fraction of sp³-hybridized carbons (Fsp3) is 0.526. The number of nitrogens with one attached hydrogen (secondary N) is 1. The van der Waals surface area contributed by atoms with Crippen LogP contribution < -0.4 is 0 Å². The monoisotopic (exact) mass is 341 g/mol. The molecule has 0 spiro atoms. The Morgan fingerprint density at radius 3 is 2.64 bits per heavy atom. The third-order valence-corrected chi connectivity index (χ3v) is 4.77. The second-order valence-corrected chi connectivity index (χ2v) is 6.96. The zero-order valence-electron chi connectivity index (χ0n) is 15.3. The first-order valence-electron chi connectivity index (χ1n) is 9.01. The summed E-state index contributed by atoms with van der Waals surface area (Å²) < 4.78 is 0. The lowest BCUT2D eigenvalue weighted by Crippen LogP contribution is -2.38. The van der Waals surface area contributed by atoms with E-state index in [0.717, 1.165) is 61.7 Å². The van der Waals surface area contributed by atoms with Crippen LogP contribution in [-0.2, 0) is 13.0 Å². The van der Waals surface area contributed by atoms with Crippen LogP contribution in [0.4, 0.5) is 0 Å².